The van der Waals surface area contributed by atoms with E-state index in [1.165, 1.54) is 0 Å². The molecule has 0 radical (unpaired) electrons. The Morgan fingerprint density at radius 3 is 2.50 bits per heavy atom. The number of aromatic nitrogens is 2. The molecule has 2 aromatic rings. The Morgan fingerprint density at radius 2 is 1.92 bits per heavy atom. The van der Waals surface area contributed by atoms with Crippen molar-refractivity contribution < 1.29 is 17.7 Å². The van der Waals surface area contributed by atoms with Gasteiger partial charge in [-0.05, 0) is 24.8 Å². The summed E-state index contributed by atoms with van der Waals surface area (Å²) in [6.07, 6.45) is 2.06. The van der Waals surface area contributed by atoms with E-state index in [-0.39, 0.29) is 11.2 Å². The first-order valence-corrected chi connectivity index (χ1v) is 10.4. The van der Waals surface area contributed by atoms with Gasteiger partial charge in [0.05, 0.1) is 5.75 Å². The highest BCUT2D eigenvalue weighted by Crippen LogP contribution is 2.38. The fraction of sp³-hybridized carbons (Fsp3) is 0.556. The fourth-order valence-electron chi connectivity index (χ4n) is 3.47. The number of hydrogen-bond acceptors (Lipinski definition) is 6. The van der Waals surface area contributed by atoms with Crippen LogP contribution >= 0.6 is 0 Å². The number of methoxy groups -OCH3 is 1. The average molecular weight is 379 g/mol. The quantitative estimate of drug-likeness (QED) is 0.734. The Bertz CT molecular complexity index is 812. The first kappa shape index (κ1) is 19.0. The molecule has 1 aromatic carbocycles. The molecule has 26 heavy (non-hydrogen) atoms. The average Bonchev–Trinajstić information content (AvgIpc) is 3.08. The van der Waals surface area contributed by atoms with E-state index in [0.717, 1.165) is 12.0 Å². The molecule has 1 fully saturated rings. The smallest absolute Gasteiger partial charge is 0.223 e. The van der Waals surface area contributed by atoms with Gasteiger partial charge >= 0.3 is 0 Å². The zero-order valence-corrected chi connectivity index (χ0v) is 16.0. The van der Waals surface area contributed by atoms with Crippen LogP contribution in [0.25, 0.3) is 0 Å². The lowest BCUT2D eigenvalue weighted by atomic mass is 9.75. The Hall–Kier alpha value is -1.77. The monoisotopic (exact) mass is 379 g/mol. The van der Waals surface area contributed by atoms with Crippen LogP contribution in [0.1, 0.15) is 36.5 Å². The Balaban J connectivity index is 1.73. The van der Waals surface area contributed by atoms with Gasteiger partial charge in [0.25, 0.3) is 0 Å². The highest BCUT2D eigenvalue weighted by atomic mass is 32.2. The third-order valence-electron chi connectivity index (χ3n) is 5.05. The third kappa shape index (κ3) is 4.13. The van der Waals surface area contributed by atoms with Crippen LogP contribution in [0.15, 0.2) is 34.9 Å². The van der Waals surface area contributed by atoms with Crippen molar-refractivity contribution in [3.63, 3.8) is 0 Å². The Labute approximate surface area is 154 Å². The maximum absolute atomic E-state index is 12.8. The molecule has 1 aliphatic rings. The summed E-state index contributed by atoms with van der Waals surface area (Å²) in [4.78, 5) is 4.41. The molecule has 1 aromatic heterocycles. The van der Waals surface area contributed by atoms with Gasteiger partial charge in [-0.3, -0.25) is 0 Å². The van der Waals surface area contributed by atoms with Crippen LogP contribution in [0.3, 0.4) is 0 Å². The maximum atomic E-state index is 12.8. The largest absolute Gasteiger partial charge is 0.385 e. The first-order chi connectivity index (χ1) is 12.5. The van der Waals surface area contributed by atoms with Crippen molar-refractivity contribution in [2.45, 2.75) is 37.4 Å². The minimum absolute atomic E-state index is 0.0280. The molecule has 1 aliphatic heterocycles. The van der Waals surface area contributed by atoms with Crippen molar-refractivity contribution >= 4 is 10.0 Å². The van der Waals surface area contributed by atoms with Crippen molar-refractivity contribution in [1.82, 2.24) is 14.4 Å². The summed E-state index contributed by atoms with van der Waals surface area (Å²) in [6, 6.07) is 9.28. The fourth-order valence-corrected chi connectivity index (χ4v) is 5.00. The second-order valence-corrected chi connectivity index (χ2v) is 8.77. The number of ether oxygens (including phenoxy) is 1. The van der Waals surface area contributed by atoms with Crippen molar-refractivity contribution in [2.24, 2.45) is 0 Å². The highest BCUT2D eigenvalue weighted by Gasteiger charge is 2.42. The molecule has 0 aliphatic carbocycles. The van der Waals surface area contributed by atoms with Crippen LogP contribution in [-0.4, -0.2) is 49.7 Å². The summed E-state index contributed by atoms with van der Waals surface area (Å²) < 4.78 is 37.5. The van der Waals surface area contributed by atoms with Crippen molar-refractivity contribution in [2.75, 3.05) is 26.8 Å². The lowest BCUT2D eigenvalue weighted by Crippen LogP contribution is -2.46. The third-order valence-corrected chi connectivity index (χ3v) is 6.90. The van der Waals surface area contributed by atoms with E-state index in [1.807, 2.05) is 30.3 Å². The summed E-state index contributed by atoms with van der Waals surface area (Å²) in [5.41, 5.74) is 0.504. The Morgan fingerprint density at radius 1 is 1.23 bits per heavy atom. The predicted molar refractivity (Wildman–Crippen MR) is 97.1 cm³/mol. The van der Waals surface area contributed by atoms with Gasteiger partial charge in [-0.15, -0.1) is 0 Å². The zero-order chi connectivity index (χ0) is 18.6. The molecule has 8 heteroatoms. The van der Waals surface area contributed by atoms with E-state index in [9.17, 15) is 8.42 Å². The van der Waals surface area contributed by atoms with Crippen LogP contribution in [0.2, 0.25) is 0 Å². The van der Waals surface area contributed by atoms with E-state index in [1.54, 1.807) is 18.3 Å². The van der Waals surface area contributed by atoms with Crippen LogP contribution in [0.4, 0.5) is 0 Å². The molecule has 0 saturated carbocycles. The van der Waals surface area contributed by atoms with E-state index < -0.39 is 10.0 Å². The van der Waals surface area contributed by atoms with Crippen molar-refractivity contribution in [1.29, 1.82) is 0 Å². The van der Waals surface area contributed by atoms with E-state index in [0.29, 0.717) is 44.3 Å². The van der Waals surface area contributed by atoms with Gasteiger partial charge < -0.3 is 9.26 Å². The van der Waals surface area contributed by atoms with Gasteiger partial charge in [0.1, 0.15) is 0 Å². The molecule has 0 N–H and O–H groups in total. The molecule has 2 heterocycles. The molecular weight excluding hydrogens is 354 g/mol. The summed E-state index contributed by atoms with van der Waals surface area (Å²) in [5, 5.41) is 4.11. The second-order valence-electron chi connectivity index (χ2n) is 6.80. The minimum Gasteiger partial charge on any atom is -0.385 e. The molecule has 142 valence electrons. The van der Waals surface area contributed by atoms with Gasteiger partial charge in [-0.1, -0.05) is 35.5 Å². The standard InChI is InChI=1S/C18H25N3O4S/c1-15-19-17(20-25-15)18(10-13-24-2)8-11-21(12-9-18)26(22,23)14-16-6-4-3-5-7-16/h3-7H,8-14H2,1-2H3. The zero-order valence-electron chi connectivity index (χ0n) is 15.2. The van der Waals surface area contributed by atoms with Crippen LogP contribution in [-0.2, 0) is 25.9 Å². The number of benzene rings is 1. The molecule has 1 saturated heterocycles. The molecular formula is C18H25N3O4S. The van der Waals surface area contributed by atoms with Crippen LogP contribution in [0.5, 0.6) is 0 Å². The minimum atomic E-state index is -3.35. The normalized spacial score (nSPS) is 18.1. The number of piperidine rings is 1. The highest BCUT2D eigenvalue weighted by molar-refractivity contribution is 7.88. The van der Waals surface area contributed by atoms with Gasteiger partial charge in [0, 0.05) is 39.1 Å². The lowest BCUT2D eigenvalue weighted by Gasteiger charge is -2.39. The molecule has 0 spiro atoms. The van der Waals surface area contributed by atoms with Crippen molar-refractivity contribution in [3.8, 4) is 0 Å². The molecule has 3 rings (SSSR count). The summed E-state index contributed by atoms with van der Waals surface area (Å²) in [7, 11) is -1.68. The molecule has 0 unspecified atom stereocenters. The van der Waals surface area contributed by atoms with Gasteiger partial charge in [-0.25, -0.2) is 12.7 Å². The molecule has 0 amide bonds. The van der Waals surface area contributed by atoms with Gasteiger partial charge in [0.15, 0.2) is 5.82 Å². The molecule has 0 bridgehead atoms. The summed E-state index contributed by atoms with van der Waals surface area (Å²) in [6.45, 7) is 3.24. The van der Waals surface area contributed by atoms with E-state index >= 15 is 0 Å². The van der Waals surface area contributed by atoms with Gasteiger partial charge in [0.2, 0.25) is 15.9 Å². The molecule has 0 atom stereocenters. The van der Waals surface area contributed by atoms with Crippen LogP contribution < -0.4 is 0 Å². The van der Waals surface area contributed by atoms with E-state index in [2.05, 4.69) is 10.1 Å². The van der Waals surface area contributed by atoms with Gasteiger partial charge in [-0.2, -0.15) is 4.98 Å². The lowest BCUT2D eigenvalue weighted by molar-refractivity contribution is 0.131. The summed E-state index contributed by atoms with van der Waals surface area (Å²) >= 11 is 0. The first-order valence-electron chi connectivity index (χ1n) is 8.77. The van der Waals surface area contributed by atoms with Crippen LogP contribution in [0, 0.1) is 6.92 Å². The van der Waals surface area contributed by atoms with E-state index in [4.69, 9.17) is 9.26 Å². The topological polar surface area (TPSA) is 85.5 Å². The predicted octanol–water partition coefficient (Wildman–Crippen LogP) is 2.28. The maximum Gasteiger partial charge on any atom is 0.223 e. The van der Waals surface area contributed by atoms with Crippen molar-refractivity contribution in [3.05, 3.63) is 47.6 Å². The SMILES string of the molecule is COCCC1(c2noc(C)n2)CCN(S(=O)(=O)Cc2ccccc2)CC1. The number of rotatable bonds is 7. The number of aryl methyl sites for hydroxylation is 1. The molecule has 7 nitrogen and oxygen atoms in total. The number of hydrogen-bond donors (Lipinski definition) is 0. The number of nitrogens with zero attached hydrogens (tertiary/aromatic N) is 3. The summed E-state index contributed by atoms with van der Waals surface area (Å²) in [5.74, 6) is 1.21. The number of sulfonamides is 1. The second kappa shape index (κ2) is 7.85. The Kier molecular flexibility index (Phi) is 5.74.